The number of benzene rings is 13. The standard InChI is InChI=1S/C84H70N4/c1-59-15-39-69(40-16-59)85(70-41-17-60(2)18-42-70)73-51-31-65(32-52-73)27-29-67-35-55-77(56-36-67)87(75-47-23-63(5)24-48-75)83-79-11-7-9-13-81(79)84(82-14-10-8-12-80(82)83)88(76-49-25-64(6)26-50-76)78-57-37-68(38-58-78)30-28-66-33-53-74(54-34-66)86(71-43-19-61(3)20-44-71)72-45-21-62(4)22-46-72/h7-58H,1-6H3/b29-27+,30-28+. The van der Waals surface area contributed by atoms with Crippen LogP contribution in [0, 0.1) is 41.5 Å². The van der Waals surface area contributed by atoms with Gasteiger partial charge in [0.15, 0.2) is 0 Å². The summed E-state index contributed by atoms with van der Waals surface area (Å²) in [6.07, 6.45) is 8.83. The smallest absolute Gasteiger partial charge is 0.0619 e. The van der Waals surface area contributed by atoms with Gasteiger partial charge in [-0.25, -0.2) is 0 Å². The highest BCUT2D eigenvalue weighted by atomic mass is 15.2. The molecule has 0 fully saturated rings. The summed E-state index contributed by atoms with van der Waals surface area (Å²) in [4.78, 5) is 9.53. The molecule has 0 amide bonds. The fourth-order valence-corrected chi connectivity index (χ4v) is 11.8. The Morgan fingerprint density at radius 3 is 0.489 bits per heavy atom. The lowest BCUT2D eigenvalue weighted by atomic mass is 9.95. The molecule has 0 aliphatic carbocycles. The molecule has 13 aromatic rings. The van der Waals surface area contributed by atoms with Crippen LogP contribution in [-0.2, 0) is 0 Å². The van der Waals surface area contributed by atoms with Gasteiger partial charge in [-0.3, -0.25) is 0 Å². The van der Waals surface area contributed by atoms with Crippen LogP contribution in [0.4, 0.5) is 68.2 Å². The molecule has 0 unspecified atom stereocenters. The van der Waals surface area contributed by atoms with Crippen molar-refractivity contribution in [1.29, 1.82) is 0 Å². The summed E-state index contributed by atoms with van der Waals surface area (Å²) in [6, 6.07) is 106. The van der Waals surface area contributed by atoms with Crippen LogP contribution in [-0.4, -0.2) is 0 Å². The molecule has 0 N–H and O–H groups in total. The molecule has 0 aromatic heterocycles. The second kappa shape index (κ2) is 24.9. The Morgan fingerprint density at radius 2 is 0.318 bits per heavy atom. The van der Waals surface area contributed by atoms with Crippen molar-refractivity contribution in [1.82, 2.24) is 0 Å². The first-order valence-electron chi connectivity index (χ1n) is 30.4. The number of nitrogens with zero attached hydrogens (tertiary/aromatic N) is 4. The van der Waals surface area contributed by atoms with Crippen LogP contribution in [0.5, 0.6) is 0 Å². The molecular weight excluding hydrogens is 1060 g/mol. The third-order valence-corrected chi connectivity index (χ3v) is 16.6. The highest BCUT2D eigenvalue weighted by Gasteiger charge is 2.26. The van der Waals surface area contributed by atoms with Crippen LogP contribution in [0.15, 0.2) is 291 Å². The minimum Gasteiger partial charge on any atom is -0.311 e. The first-order chi connectivity index (χ1) is 43.1. The van der Waals surface area contributed by atoms with Crippen LogP contribution in [0.2, 0.25) is 0 Å². The van der Waals surface area contributed by atoms with Crippen molar-refractivity contribution >= 4 is 114 Å². The van der Waals surface area contributed by atoms with Gasteiger partial charge in [0.2, 0.25) is 0 Å². The summed E-state index contributed by atoms with van der Waals surface area (Å²) in [5.74, 6) is 0. The number of fused-ring (bicyclic) bond motifs is 2. The van der Waals surface area contributed by atoms with Crippen molar-refractivity contribution in [3.8, 4) is 0 Å². The zero-order valence-electron chi connectivity index (χ0n) is 50.8. The van der Waals surface area contributed by atoms with Gasteiger partial charge < -0.3 is 19.6 Å². The second-order valence-corrected chi connectivity index (χ2v) is 23.2. The van der Waals surface area contributed by atoms with Gasteiger partial charge in [-0.2, -0.15) is 0 Å². The molecule has 13 aromatic carbocycles. The summed E-state index contributed by atoms with van der Waals surface area (Å²) in [5.41, 5.74) is 25.2. The molecule has 0 spiro atoms. The third-order valence-electron chi connectivity index (χ3n) is 16.6. The Bertz CT molecular complexity index is 4140. The van der Waals surface area contributed by atoms with E-state index in [9.17, 15) is 0 Å². The predicted molar refractivity (Wildman–Crippen MR) is 379 cm³/mol. The van der Waals surface area contributed by atoms with Gasteiger partial charge in [0.05, 0.1) is 11.4 Å². The maximum atomic E-state index is 2.45. The monoisotopic (exact) mass is 1130 g/mol. The van der Waals surface area contributed by atoms with Crippen molar-refractivity contribution in [3.63, 3.8) is 0 Å². The minimum atomic E-state index is 1.07. The van der Waals surface area contributed by atoms with Gasteiger partial charge in [-0.15, -0.1) is 0 Å². The minimum absolute atomic E-state index is 1.07. The van der Waals surface area contributed by atoms with Gasteiger partial charge in [0.25, 0.3) is 0 Å². The number of rotatable bonds is 16. The fourth-order valence-electron chi connectivity index (χ4n) is 11.8. The molecule has 13 rings (SSSR count). The van der Waals surface area contributed by atoms with E-state index >= 15 is 0 Å². The summed E-state index contributed by atoms with van der Waals surface area (Å²) < 4.78 is 0. The van der Waals surface area contributed by atoms with E-state index in [-0.39, 0.29) is 0 Å². The second-order valence-electron chi connectivity index (χ2n) is 23.2. The Balaban J connectivity index is 0.828. The Morgan fingerprint density at radius 1 is 0.170 bits per heavy atom. The van der Waals surface area contributed by atoms with E-state index in [1.165, 1.54) is 33.4 Å². The zero-order valence-corrected chi connectivity index (χ0v) is 50.8. The molecule has 0 bridgehead atoms. The van der Waals surface area contributed by atoms with Crippen molar-refractivity contribution in [2.24, 2.45) is 0 Å². The van der Waals surface area contributed by atoms with E-state index in [2.05, 4.69) is 377 Å². The van der Waals surface area contributed by atoms with Crippen LogP contribution >= 0.6 is 0 Å². The molecule has 0 saturated carbocycles. The number of hydrogen-bond donors (Lipinski definition) is 0. The number of anilines is 12. The van der Waals surface area contributed by atoms with Gasteiger partial charge in [0, 0.05) is 78.4 Å². The van der Waals surface area contributed by atoms with Crippen LogP contribution < -0.4 is 19.6 Å². The largest absolute Gasteiger partial charge is 0.311 e. The zero-order chi connectivity index (χ0) is 60.1. The van der Waals surface area contributed by atoms with E-state index in [4.69, 9.17) is 0 Å². The SMILES string of the molecule is Cc1ccc(N(c2ccc(C)cc2)c2ccc(/C=C/c3ccc(N(c4ccc(C)cc4)c4c5ccccc5c(N(c5ccc(C)cc5)c5ccc(/C=C/c6ccc(N(c7ccc(C)cc7)c7ccc(C)cc7)cc6)cc5)c5ccccc45)cc3)cc2)cc1. The highest BCUT2D eigenvalue weighted by molar-refractivity contribution is 6.23. The average Bonchev–Trinajstić information content (AvgIpc) is 0.868. The lowest BCUT2D eigenvalue weighted by Gasteiger charge is -2.33. The quantitative estimate of drug-likeness (QED) is 0.0543. The van der Waals surface area contributed by atoms with Crippen molar-refractivity contribution in [2.75, 3.05) is 19.6 Å². The highest BCUT2D eigenvalue weighted by Crippen LogP contribution is 2.51. The molecule has 0 aliphatic heterocycles. The third kappa shape index (κ3) is 12.0. The van der Waals surface area contributed by atoms with Gasteiger partial charge in [-0.05, 0) is 185 Å². The summed E-state index contributed by atoms with van der Waals surface area (Å²) in [6.45, 7) is 12.8. The van der Waals surface area contributed by atoms with E-state index in [1.54, 1.807) is 0 Å². The lowest BCUT2D eigenvalue weighted by molar-refractivity contribution is 1.27. The molecule has 0 heterocycles. The first-order valence-corrected chi connectivity index (χ1v) is 30.4. The summed E-state index contributed by atoms with van der Waals surface area (Å²) in [7, 11) is 0. The Labute approximate surface area is 519 Å². The van der Waals surface area contributed by atoms with E-state index in [0.717, 1.165) is 112 Å². The van der Waals surface area contributed by atoms with Gasteiger partial charge in [0.1, 0.15) is 0 Å². The van der Waals surface area contributed by atoms with Crippen molar-refractivity contribution in [3.05, 3.63) is 347 Å². The van der Waals surface area contributed by atoms with Crippen molar-refractivity contribution in [2.45, 2.75) is 41.5 Å². The molecular formula is C84H70N4. The maximum Gasteiger partial charge on any atom is 0.0619 e. The molecule has 88 heavy (non-hydrogen) atoms. The summed E-state index contributed by atoms with van der Waals surface area (Å²) in [5, 5.41) is 4.60. The lowest BCUT2D eigenvalue weighted by Crippen LogP contribution is -2.14. The fraction of sp³-hybridized carbons (Fsp3) is 0.0714. The van der Waals surface area contributed by atoms with E-state index in [0.29, 0.717) is 0 Å². The molecule has 426 valence electrons. The number of aryl methyl sites for hydroxylation is 6. The molecule has 0 saturated heterocycles. The maximum absolute atomic E-state index is 2.45. The number of hydrogen-bond acceptors (Lipinski definition) is 4. The molecule has 4 heteroatoms. The van der Waals surface area contributed by atoms with E-state index in [1.807, 2.05) is 0 Å². The van der Waals surface area contributed by atoms with E-state index < -0.39 is 0 Å². The topological polar surface area (TPSA) is 13.0 Å². The van der Waals surface area contributed by atoms with Crippen molar-refractivity contribution < 1.29 is 0 Å². The first kappa shape index (κ1) is 56.2. The molecule has 0 radical (unpaired) electrons. The van der Waals surface area contributed by atoms with Crippen LogP contribution in [0.25, 0.3) is 45.8 Å². The Kier molecular flexibility index (Phi) is 15.9. The average molecular weight is 1140 g/mol. The molecule has 0 aliphatic rings. The predicted octanol–water partition coefficient (Wildman–Crippen LogP) is 24.1. The van der Waals surface area contributed by atoms with Gasteiger partial charge >= 0.3 is 0 Å². The normalized spacial score (nSPS) is 11.4. The van der Waals surface area contributed by atoms with Gasteiger partial charge in [-0.1, -0.05) is 228 Å². The molecule has 0 atom stereocenters. The Hall–Kier alpha value is -10.9. The molecule has 4 nitrogen and oxygen atoms in total. The summed E-state index contributed by atoms with van der Waals surface area (Å²) >= 11 is 0. The van der Waals surface area contributed by atoms with Crippen LogP contribution in [0.1, 0.15) is 55.6 Å². The van der Waals surface area contributed by atoms with Crippen LogP contribution in [0.3, 0.4) is 0 Å².